The fourth-order valence-electron chi connectivity index (χ4n) is 1.10. The fraction of sp³-hybridized carbons (Fsp3) is 0.111. The van der Waals surface area contributed by atoms with E-state index < -0.39 is 20.4 Å². The third-order valence-electron chi connectivity index (χ3n) is 1.68. The van der Waals surface area contributed by atoms with Gasteiger partial charge in [0.15, 0.2) is 0 Å². The average molecular weight is 227 g/mol. The van der Waals surface area contributed by atoms with E-state index in [0.717, 1.165) is 11.5 Å². The number of para-hydroxylation sites is 1. The first-order chi connectivity index (χ1) is 6.99. The molecule has 0 spiro atoms. The van der Waals surface area contributed by atoms with Crippen molar-refractivity contribution in [3.63, 3.8) is 0 Å². The predicted octanol–water partition coefficient (Wildman–Crippen LogP) is 1.90. The van der Waals surface area contributed by atoms with E-state index in [4.69, 9.17) is 0 Å². The van der Waals surface area contributed by atoms with Crippen molar-refractivity contribution in [3.05, 3.63) is 45.9 Å². The van der Waals surface area contributed by atoms with Crippen LogP contribution in [0, 0.1) is 10.1 Å². The van der Waals surface area contributed by atoms with Crippen molar-refractivity contribution < 1.29 is 13.3 Å². The maximum absolute atomic E-state index is 11.6. The Morgan fingerprint density at radius 3 is 2.47 bits per heavy atom. The standard InChI is InChI=1S/C9H9NO4S/c1-2-7-15(13,14)9-6-4-3-5-8(9)10(11)12/h2-7H,1H3/b7-2+. The van der Waals surface area contributed by atoms with E-state index in [1.807, 2.05) is 0 Å². The summed E-state index contributed by atoms with van der Waals surface area (Å²) in [5.41, 5.74) is -0.407. The molecule has 0 fully saturated rings. The highest BCUT2D eigenvalue weighted by molar-refractivity contribution is 7.94. The number of hydrogen-bond donors (Lipinski definition) is 0. The van der Waals surface area contributed by atoms with Crippen LogP contribution in [0.2, 0.25) is 0 Å². The normalized spacial score (nSPS) is 11.8. The zero-order valence-electron chi connectivity index (χ0n) is 7.95. The van der Waals surface area contributed by atoms with Gasteiger partial charge in [0, 0.05) is 11.5 Å². The van der Waals surface area contributed by atoms with E-state index in [0.29, 0.717) is 0 Å². The summed E-state index contributed by atoms with van der Waals surface area (Å²) in [5, 5.41) is 11.5. The van der Waals surface area contributed by atoms with Crippen LogP contribution >= 0.6 is 0 Å². The van der Waals surface area contributed by atoms with Gasteiger partial charge in [0.05, 0.1) is 4.92 Å². The van der Waals surface area contributed by atoms with Crippen molar-refractivity contribution in [1.82, 2.24) is 0 Å². The van der Waals surface area contributed by atoms with E-state index in [1.165, 1.54) is 31.2 Å². The molecule has 0 radical (unpaired) electrons. The number of nitro groups is 1. The Morgan fingerprint density at radius 2 is 1.93 bits per heavy atom. The van der Waals surface area contributed by atoms with E-state index in [2.05, 4.69) is 0 Å². The Balaban J connectivity index is 3.44. The zero-order valence-corrected chi connectivity index (χ0v) is 8.77. The molecule has 0 aliphatic rings. The van der Waals surface area contributed by atoms with Gasteiger partial charge in [-0.3, -0.25) is 10.1 Å². The topological polar surface area (TPSA) is 77.3 Å². The van der Waals surface area contributed by atoms with Gasteiger partial charge < -0.3 is 0 Å². The summed E-state index contributed by atoms with van der Waals surface area (Å²) >= 11 is 0. The van der Waals surface area contributed by atoms with Gasteiger partial charge in [-0.05, 0) is 13.0 Å². The second-order valence-electron chi connectivity index (χ2n) is 2.74. The number of nitro benzene ring substituents is 1. The molecule has 0 aliphatic heterocycles. The molecule has 0 saturated carbocycles. The molecule has 0 N–H and O–H groups in total. The smallest absolute Gasteiger partial charge is 0.258 e. The van der Waals surface area contributed by atoms with Gasteiger partial charge in [-0.2, -0.15) is 0 Å². The third-order valence-corrected chi connectivity index (χ3v) is 3.27. The van der Waals surface area contributed by atoms with Gasteiger partial charge in [0.1, 0.15) is 4.90 Å². The first-order valence-corrected chi connectivity index (χ1v) is 5.65. The lowest BCUT2D eigenvalue weighted by Gasteiger charge is -1.99. The Kier molecular flexibility index (Phi) is 3.21. The molecule has 0 aliphatic carbocycles. The maximum atomic E-state index is 11.6. The average Bonchev–Trinajstić information content (AvgIpc) is 2.17. The summed E-state index contributed by atoms with van der Waals surface area (Å²) in [6.07, 6.45) is 1.33. The molecule has 1 aromatic rings. The van der Waals surface area contributed by atoms with Crippen molar-refractivity contribution in [2.45, 2.75) is 11.8 Å². The Bertz CT molecular complexity index is 505. The van der Waals surface area contributed by atoms with Crippen molar-refractivity contribution in [2.75, 3.05) is 0 Å². The van der Waals surface area contributed by atoms with Crippen LogP contribution in [0.25, 0.3) is 0 Å². The summed E-state index contributed by atoms with van der Waals surface area (Å²) in [5.74, 6) is 0. The highest BCUT2D eigenvalue weighted by atomic mass is 32.2. The second kappa shape index (κ2) is 4.22. The Labute approximate surface area is 87.1 Å². The van der Waals surface area contributed by atoms with Crippen LogP contribution in [0.15, 0.2) is 40.6 Å². The number of hydrogen-bond acceptors (Lipinski definition) is 4. The number of allylic oxidation sites excluding steroid dienone is 1. The second-order valence-corrected chi connectivity index (χ2v) is 4.54. The molecule has 1 rings (SSSR count). The fourth-order valence-corrected chi connectivity index (χ4v) is 2.31. The predicted molar refractivity (Wildman–Crippen MR) is 55.1 cm³/mol. The molecular weight excluding hydrogens is 218 g/mol. The summed E-state index contributed by atoms with van der Waals surface area (Å²) in [6, 6.07) is 5.25. The van der Waals surface area contributed by atoms with Crippen LogP contribution in [-0.2, 0) is 9.84 Å². The van der Waals surface area contributed by atoms with Gasteiger partial charge in [-0.25, -0.2) is 8.42 Å². The molecule has 0 bridgehead atoms. The van der Waals surface area contributed by atoms with Crippen LogP contribution < -0.4 is 0 Å². The molecule has 0 amide bonds. The van der Waals surface area contributed by atoms with Crippen molar-refractivity contribution >= 4 is 15.5 Å². The van der Waals surface area contributed by atoms with Gasteiger partial charge in [-0.15, -0.1) is 0 Å². The van der Waals surface area contributed by atoms with Crippen LogP contribution in [0.1, 0.15) is 6.92 Å². The number of sulfone groups is 1. The summed E-state index contributed by atoms with van der Waals surface area (Å²) in [7, 11) is -3.71. The third kappa shape index (κ3) is 2.41. The lowest BCUT2D eigenvalue weighted by atomic mass is 10.3. The van der Waals surface area contributed by atoms with E-state index in [9.17, 15) is 18.5 Å². The molecule has 5 nitrogen and oxygen atoms in total. The van der Waals surface area contributed by atoms with E-state index in [1.54, 1.807) is 0 Å². The van der Waals surface area contributed by atoms with Crippen molar-refractivity contribution in [1.29, 1.82) is 0 Å². The lowest BCUT2D eigenvalue weighted by molar-refractivity contribution is -0.387. The molecular formula is C9H9NO4S. The SMILES string of the molecule is C/C=C/S(=O)(=O)c1ccccc1[N+](=O)[O-]. The summed E-state index contributed by atoms with van der Waals surface area (Å²) in [6.45, 7) is 1.53. The largest absolute Gasteiger partial charge is 0.288 e. The van der Waals surface area contributed by atoms with Crippen molar-refractivity contribution in [3.8, 4) is 0 Å². The minimum Gasteiger partial charge on any atom is -0.258 e. The number of nitrogens with zero attached hydrogens (tertiary/aromatic N) is 1. The molecule has 0 aromatic heterocycles. The highest BCUT2D eigenvalue weighted by Crippen LogP contribution is 2.24. The molecule has 15 heavy (non-hydrogen) atoms. The first-order valence-electron chi connectivity index (χ1n) is 4.10. The van der Waals surface area contributed by atoms with Gasteiger partial charge in [0.2, 0.25) is 9.84 Å². The van der Waals surface area contributed by atoms with E-state index in [-0.39, 0.29) is 4.90 Å². The molecule has 0 unspecified atom stereocenters. The highest BCUT2D eigenvalue weighted by Gasteiger charge is 2.22. The number of benzene rings is 1. The van der Waals surface area contributed by atoms with Gasteiger partial charge >= 0.3 is 0 Å². The number of rotatable bonds is 3. The van der Waals surface area contributed by atoms with Gasteiger partial charge in [0.25, 0.3) is 5.69 Å². The summed E-state index contributed by atoms with van der Waals surface area (Å²) < 4.78 is 23.1. The quantitative estimate of drug-likeness (QED) is 0.583. The van der Waals surface area contributed by atoms with Crippen LogP contribution in [0.3, 0.4) is 0 Å². The summed E-state index contributed by atoms with van der Waals surface area (Å²) in [4.78, 5) is 9.59. The van der Waals surface area contributed by atoms with E-state index >= 15 is 0 Å². The van der Waals surface area contributed by atoms with Crippen LogP contribution in [0.4, 0.5) is 5.69 Å². The molecule has 0 atom stereocenters. The monoisotopic (exact) mass is 227 g/mol. The van der Waals surface area contributed by atoms with Crippen LogP contribution in [-0.4, -0.2) is 13.3 Å². The molecule has 0 heterocycles. The minimum absolute atomic E-state index is 0.284. The van der Waals surface area contributed by atoms with Gasteiger partial charge in [-0.1, -0.05) is 18.2 Å². The van der Waals surface area contributed by atoms with Crippen molar-refractivity contribution in [2.24, 2.45) is 0 Å². The minimum atomic E-state index is -3.71. The molecule has 6 heteroatoms. The lowest BCUT2D eigenvalue weighted by Crippen LogP contribution is -2.01. The zero-order chi connectivity index (χ0) is 11.5. The Morgan fingerprint density at radius 1 is 1.33 bits per heavy atom. The molecule has 0 saturated heterocycles. The molecule has 1 aromatic carbocycles. The maximum Gasteiger partial charge on any atom is 0.288 e. The molecule has 80 valence electrons. The Hall–Kier alpha value is -1.69. The first kappa shape index (κ1) is 11.4. The van der Waals surface area contributed by atoms with Crippen LogP contribution in [0.5, 0.6) is 0 Å².